The average molecular weight is 349 g/mol. The highest BCUT2D eigenvalue weighted by atomic mass is 32.2. The number of hydrogen-bond donors (Lipinski definition) is 2. The Morgan fingerprint density at radius 1 is 1.22 bits per heavy atom. The highest BCUT2D eigenvalue weighted by molar-refractivity contribution is 7.89. The maximum Gasteiger partial charge on any atom is 0.304 e. The first-order valence-corrected chi connectivity index (χ1v) is 8.45. The lowest BCUT2D eigenvalue weighted by Crippen LogP contribution is -2.45. The summed E-state index contributed by atoms with van der Waals surface area (Å²) in [5, 5.41) is 8.94. The van der Waals surface area contributed by atoms with Crippen molar-refractivity contribution in [1.82, 2.24) is 4.72 Å². The van der Waals surface area contributed by atoms with E-state index in [1.165, 1.54) is 12.1 Å². The van der Waals surface area contributed by atoms with Gasteiger partial charge in [-0.1, -0.05) is 39.0 Å². The van der Waals surface area contributed by atoms with Gasteiger partial charge in [0, 0.05) is 18.5 Å². The second-order valence-corrected chi connectivity index (χ2v) is 8.20. The molecule has 0 saturated carbocycles. The molecule has 1 aromatic carbocycles. The van der Waals surface area contributed by atoms with Crippen molar-refractivity contribution in [3.8, 4) is 0 Å². The Bertz CT molecular complexity index is 675. The third kappa shape index (κ3) is 5.24. The van der Waals surface area contributed by atoms with E-state index in [1.54, 1.807) is 20.8 Å². The fourth-order valence-electron chi connectivity index (χ4n) is 2.01. The van der Waals surface area contributed by atoms with Crippen LogP contribution in [0.25, 0.3) is 0 Å². The maximum atomic E-state index is 13.6. The molecule has 2 N–H and O–H groups in total. The molecule has 1 atom stereocenters. The summed E-state index contributed by atoms with van der Waals surface area (Å²) in [4.78, 5) is 10.4. The van der Waals surface area contributed by atoms with Crippen molar-refractivity contribution in [1.29, 1.82) is 0 Å². The molecule has 1 rings (SSSR count). The summed E-state index contributed by atoms with van der Waals surface area (Å²) in [7, 11) is -4.30. The van der Waals surface area contributed by atoms with Crippen molar-refractivity contribution < 1.29 is 27.1 Å². The monoisotopic (exact) mass is 349 g/mol. The average Bonchev–Trinajstić information content (AvgIpc) is 2.35. The molecule has 0 aromatic heterocycles. The Kier molecular flexibility index (Phi) is 5.53. The number of alkyl halides is 2. The number of carboxylic acid groups (broad SMARTS) is 1. The van der Waals surface area contributed by atoms with Gasteiger partial charge in [-0.2, -0.15) is 0 Å². The summed E-state index contributed by atoms with van der Waals surface area (Å²) < 4.78 is 54.5. The van der Waals surface area contributed by atoms with Crippen LogP contribution in [0.3, 0.4) is 0 Å². The SMILES string of the molecule is CC(F)(F)c1ccccc1S(=O)(=O)N[C@@H](CC(=O)O)C(C)(C)C. The zero-order valence-electron chi connectivity index (χ0n) is 13.4. The summed E-state index contributed by atoms with van der Waals surface area (Å²) in [6.07, 6.45) is -0.451. The van der Waals surface area contributed by atoms with Crippen LogP contribution in [0.5, 0.6) is 0 Å². The fraction of sp³-hybridized carbons (Fsp3) is 0.533. The molecule has 0 amide bonds. The number of sulfonamides is 1. The van der Waals surface area contributed by atoms with Crippen LogP contribution in [-0.4, -0.2) is 25.5 Å². The van der Waals surface area contributed by atoms with Gasteiger partial charge in [0.05, 0.1) is 11.3 Å². The minimum atomic E-state index is -4.30. The molecule has 0 radical (unpaired) electrons. The Morgan fingerprint density at radius 2 is 1.74 bits per heavy atom. The summed E-state index contributed by atoms with van der Waals surface area (Å²) in [6.45, 7) is 5.62. The van der Waals surface area contributed by atoms with Crippen molar-refractivity contribution in [2.75, 3.05) is 0 Å². The summed E-state index contributed by atoms with van der Waals surface area (Å²) in [5.41, 5.74) is -1.33. The molecule has 0 spiro atoms. The Morgan fingerprint density at radius 3 is 2.17 bits per heavy atom. The quantitative estimate of drug-likeness (QED) is 0.827. The van der Waals surface area contributed by atoms with E-state index in [-0.39, 0.29) is 0 Å². The number of nitrogens with one attached hydrogen (secondary N) is 1. The predicted octanol–water partition coefficient (Wildman–Crippen LogP) is 2.97. The minimum absolute atomic E-state index is 0.451. The smallest absolute Gasteiger partial charge is 0.304 e. The Hall–Kier alpha value is -1.54. The van der Waals surface area contributed by atoms with E-state index in [0.29, 0.717) is 6.92 Å². The van der Waals surface area contributed by atoms with Crippen LogP contribution in [0.4, 0.5) is 8.78 Å². The van der Waals surface area contributed by atoms with E-state index in [1.807, 2.05) is 0 Å². The number of carboxylic acids is 1. The number of benzene rings is 1. The van der Waals surface area contributed by atoms with Gasteiger partial charge in [-0.15, -0.1) is 0 Å². The summed E-state index contributed by atoms with van der Waals surface area (Å²) in [5.74, 6) is -4.52. The Balaban J connectivity index is 3.29. The number of hydrogen-bond acceptors (Lipinski definition) is 3. The Labute approximate surface area is 134 Å². The van der Waals surface area contributed by atoms with E-state index in [4.69, 9.17) is 5.11 Å². The van der Waals surface area contributed by atoms with E-state index in [0.717, 1.165) is 12.1 Å². The van der Waals surface area contributed by atoms with Crippen molar-refractivity contribution >= 4 is 16.0 Å². The molecule has 0 saturated heterocycles. The molecule has 0 fully saturated rings. The van der Waals surface area contributed by atoms with Crippen LogP contribution in [0.2, 0.25) is 0 Å². The zero-order valence-corrected chi connectivity index (χ0v) is 14.2. The highest BCUT2D eigenvalue weighted by Gasteiger charge is 2.36. The van der Waals surface area contributed by atoms with Gasteiger partial charge in [0.15, 0.2) is 0 Å². The van der Waals surface area contributed by atoms with Crippen LogP contribution in [0.1, 0.15) is 39.7 Å². The molecular formula is C15H21F2NO4S. The van der Waals surface area contributed by atoms with Gasteiger partial charge in [-0.25, -0.2) is 21.9 Å². The number of halogens is 2. The molecule has 0 heterocycles. The van der Waals surface area contributed by atoms with E-state index in [2.05, 4.69) is 4.72 Å². The lowest BCUT2D eigenvalue weighted by Gasteiger charge is -2.30. The van der Waals surface area contributed by atoms with E-state index >= 15 is 0 Å². The highest BCUT2D eigenvalue weighted by Crippen LogP contribution is 2.33. The maximum absolute atomic E-state index is 13.6. The molecule has 5 nitrogen and oxygen atoms in total. The van der Waals surface area contributed by atoms with Gasteiger partial charge in [-0.05, 0) is 11.5 Å². The molecule has 8 heteroatoms. The molecule has 1 aromatic rings. The predicted molar refractivity (Wildman–Crippen MR) is 81.8 cm³/mol. The first-order chi connectivity index (χ1) is 10.2. The van der Waals surface area contributed by atoms with Gasteiger partial charge in [-0.3, -0.25) is 4.79 Å². The largest absolute Gasteiger partial charge is 0.481 e. The number of aliphatic carboxylic acids is 1. The van der Waals surface area contributed by atoms with Crippen molar-refractivity contribution in [2.24, 2.45) is 5.41 Å². The van der Waals surface area contributed by atoms with Crippen LogP contribution >= 0.6 is 0 Å². The topological polar surface area (TPSA) is 83.5 Å². The van der Waals surface area contributed by atoms with Crippen molar-refractivity contribution in [3.05, 3.63) is 29.8 Å². The van der Waals surface area contributed by atoms with Gasteiger partial charge >= 0.3 is 5.97 Å². The molecule has 0 bridgehead atoms. The molecule has 130 valence electrons. The van der Waals surface area contributed by atoms with Gasteiger partial charge < -0.3 is 5.11 Å². The second-order valence-electron chi connectivity index (χ2n) is 6.52. The zero-order chi connectivity index (χ0) is 18.1. The van der Waals surface area contributed by atoms with Crippen LogP contribution in [0, 0.1) is 5.41 Å². The molecule has 0 aliphatic heterocycles. The minimum Gasteiger partial charge on any atom is -0.481 e. The third-order valence-corrected chi connectivity index (χ3v) is 4.90. The first-order valence-electron chi connectivity index (χ1n) is 6.96. The van der Waals surface area contributed by atoms with Crippen molar-refractivity contribution in [3.63, 3.8) is 0 Å². The van der Waals surface area contributed by atoms with Crippen LogP contribution in [-0.2, 0) is 20.7 Å². The van der Waals surface area contributed by atoms with Gasteiger partial charge in [0.2, 0.25) is 10.0 Å². The number of rotatable bonds is 6. The molecule has 0 aliphatic rings. The van der Waals surface area contributed by atoms with Crippen LogP contribution < -0.4 is 4.72 Å². The standard InChI is InChI=1S/C15H21F2NO4S/c1-14(2,3)12(9-13(19)20)18-23(21,22)11-8-6-5-7-10(11)15(4,16)17/h5-8,12,18H,9H2,1-4H3,(H,19,20)/t12-/m0/s1. The molecule has 23 heavy (non-hydrogen) atoms. The second kappa shape index (κ2) is 6.52. The molecule has 0 unspecified atom stereocenters. The van der Waals surface area contributed by atoms with Gasteiger partial charge in [0.1, 0.15) is 0 Å². The third-order valence-electron chi connectivity index (χ3n) is 3.37. The number of carbonyl (C=O) groups is 1. The fourth-order valence-corrected chi connectivity index (χ4v) is 3.75. The summed E-state index contributed by atoms with van der Waals surface area (Å²) >= 11 is 0. The van der Waals surface area contributed by atoms with E-state index < -0.39 is 50.3 Å². The van der Waals surface area contributed by atoms with Crippen LogP contribution in [0.15, 0.2) is 29.2 Å². The summed E-state index contributed by atoms with van der Waals surface area (Å²) in [6, 6.07) is 3.84. The lowest BCUT2D eigenvalue weighted by molar-refractivity contribution is -0.138. The van der Waals surface area contributed by atoms with E-state index in [9.17, 15) is 22.0 Å². The lowest BCUT2D eigenvalue weighted by atomic mass is 9.85. The molecule has 0 aliphatic carbocycles. The van der Waals surface area contributed by atoms with Gasteiger partial charge in [0.25, 0.3) is 5.92 Å². The molecular weight excluding hydrogens is 328 g/mol. The first kappa shape index (κ1) is 19.5. The normalized spacial score (nSPS) is 14.5. The van der Waals surface area contributed by atoms with Crippen molar-refractivity contribution in [2.45, 2.75) is 51.0 Å².